The molecule has 29 heavy (non-hydrogen) atoms. The maximum Gasteiger partial charge on any atom is 0.161 e. The summed E-state index contributed by atoms with van der Waals surface area (Å²) in [5.41, 5.74) is 2.17. The van der Waals surface area contributed by atoms with Crippen LogP contribution in [0.25, 0.3) is 0 Å². The molecule has 2 N–H and O–H groups in total. The van der Waals surface area contributed by atoms with Gasteiger partial charge in [0.2, 0.25) is 0 Å². The van der Waals surface area contributed by atoms with E-state index in [1.54, 1.807) is 12.1 Å². The number of ether oxygens (including phenoxy) is 2. The van der Waals surface area contributed by atoms with Crippen molar-refractivity contribution >= 4 is 0 Å². The number of phenols is 2. The first-order chi connectivity index (χ1) is 13.7. The number of hydrogen-bond acceptors (Lipinski definition) is 4. The van der Waals surface area contributed by atoms with E-state index in [1.807, 2.05) is 38.1 Å². The molecule has 1 saturated carbocycles. The number of hydrogen-bond donors (Lipinski definition) is 2. The van der Waals surface area contributed by atoms with Crippen molar-refractivity contribution in [3.63, 3.8) is 0 Å². The molecule has 1 atom stereocenters. The fourth-order valence-corrected chi connectivity index (χ4v) is 5.34. The third-order valence-electron chi connectivity index (χ3n) is 6.00. The molecule has 0 aliphatic heterocycles. The number of benzene rings is 2. The summed E-state index contributed by atoms with van der Waals surface area (Å²) in [5.74, 6) is 1.89. The molecule has 1 fully saturated rings. The summed E-state index contributed by atoms with van der Waals surface area (Å²) in [7, 11) is 0. The van der Waals surface area contributed by atoms with Gasteiger partial charge in [-0.2, -0.15) is 0 Å². The Morgan fingerprint density at radius 1 is 0.862 bits per heavy atom. The van der Waals surface area contributed by atoms with Gasteiger partial charge >= 0.3 is 0 Å². The van der Waals surface area contributed by atoms with Crippen molar-refractivity contribution in [2.75, 3.05) is 13.2 Å². The molecular weight excluding hydrogens is 364 g/mol. The highest BCUT2D eigenvalue weighted by Crippen LogP contribution is 2.55. The van der Waals surface area contributed by atoms with Crippen LogP contribution in [0, 0.1) is 11.3 Å². The van der Waals surface area contributed by atoms with Crippen molar-refractivity contribution < 1.29 is 19.7 Å². The normalized spacial score (nSPS) is 20.2. The van der Waals surface area contributed by atoms with E-state index in [4.69, 9.17) is 9.47 Å². The Kier molecular flexibility index (Phi) is 6.02. The smallest absolute Gasteiger partial charge is 0.161 e. The Hall–Kier alpha value is -2.36. The van der Waals surface area contributed by atoms with Gasteiger partial charge in [-0.3, -0.25) is 0 Å². The van der Waals surface area contributed by atoms with Gasteiger partial charge in [0.1, 0.15) is 0 Å². The lowest BCUT2D eigenvalue weighted by molar-refractivity contribution is 0.126. The molecule has 1 aliphatic rings. The van der Waals surface area contributed by atoms with Crippen LogP contribution in [0.15, 0.2) is 36.4 Å². The van der Waals surface area contributed by atoms with Crippen LogP contribution in [0.3, 0.4) is 0 Å². The SMILES string of the molecule is CCOc1cc(C2(c3ccc(O)c(OCC)c3)CC(C)CC(C)(C)C2)ccc1O. The monoisotopic (exact) mass is 398 g/mol. The number of aromatic hydroxyl groups is 2. The highest BCUT2D eigenvalue weighted by Gasteiger charge is 2.45. The van der Waals surface area contributed by atoms with Crippen molar-refractivity contribution in [1.82, 2.24) is 0 Å². The molecule has 4 heteroatoms. The first kappa shape index (κ1) is 21.4. The molecule has 2 aromatic rings. The van der Waals surface area contributed by atoms with Gasteiger partial charge < -0.3 is 19.7 Å². The zero-order chi connectivity index (χ0) is 21.2. The van der Waals surface area contributed by atoms with Crippen molar-refractivity contribution in [3.05, 3.63) is 47.5 Å². The molecule has 0 amide bonds. The molecular formula is C25H34O4. The third kappa shape index (κ3) is 4.31. The number of rotatable bonds is 6. The van der Waals surface area contributed by atoms with Crippen LogP contribution in [0.2, 0.25) is 0 Å². The summed E-state index contributed by atoms with van der Waals surface area (Å²) in [6.45, 7) is 11.8. The van der Waals surface area contributed by atoms with E-state index in [2.05, 4.69) is 20.8 Å². The first-order valence-electron chi connectivity index (χ1n) is 10.6. The van der Waals surface area contributed by atoms with Crippen LogP contribution in [-0.2, 0) is 5.41 Å². The van der Waals surface area contributed by atoms with E-state index in [-0.39, 0.29) is 22.3 Å². The van der Waals surface area contributed by atoms with Crippen LogP contribution in [0.1, 0.15) is 65.0 Å². The number of phenolic OH excluding ortho intramolecular Hbond substituents is 2. The molecule has 0 spiro atoms. The second-order valence-electron chi connectivity index (χ2n) is 9.17. The maximum atomic E-state index is 10.2. The van der Waals surface area contributed by atoms with Crippen molar-refractivity contribution in [2.24, 2.45) is 11.3 Å². The molecule has 0 aromatic heterocycles. The van der Waals surface area contributed by atoms with E-state index in [9.17, 15) is 10.2 Å². The first-order valence-corrected chi connectivity index (χ1v) is 10.6. The molecule has 0 bridgehead atoms. The fraction of sp³-hybridized carbons (Fsp3) is 0.520. The van der Waals surface area contributed by atoms with E-state index in [1.165, 1.54) is 6.42 Å². The molecule has 0 radical (unpaired) electrons. The van der Waals surface area contributed by atoms with E-state index >= 15 is 0 Å². The summed E-state index contributed by atoms with van der Waals surface area (Å²) in [4.78, 5) is 0. The summed E-state index contributed by atoms with van der Waals surface area (Å²) >= 11 is 0. The molecule has 3 rings (SSSR count). The third-order valence-corrected chi connectivity index (χ3v) is 6.00. The molecule has 0 heterocycles. The molecule has 0 saturated heterocycles. The van der Waals surface area contributed by atoms with Gasteiger partial charge in [-0.05, 0) is 79.8 Å². The van der Waals surface area contributed by atoms with Gasteiger partial charge in [-0.1, -0.05) is 32.9 Å². The summed E-state index contributed by atoms with van der Waals surface area (Å²) < 4.78 is 11.4. The van der Waals surface area contributed by atoms with Gasteiger partial charge in [0.15, 0.2) is 23.0 Å². The van der Waals surface area contributed by atoms with Crippen molar-refractivity contribution in [2.45, 2.75) is 59.3 Å². The van der Waals surface area contributed by atoms with E-state index in [0.717, 1.165) is 24.0 Å². The second kappa shape index (κ2) is 8.17. The van der Waals surface area contributed by atoms with Gasteiger partial charge in [0, 0.05) is 5.41 Å². The minimum absolute atomic E-state index is 0.158. The van der Waals surface area contributed by atoms with Crippen molar-refractivity contribution in [3.8, 4) is 23.0 Å². The largest absolute Gasteiger partial charge is 0.504 e. The minimum atomic E-state index is -0.250. The summed E-state index contributed by atoms with van der Waals surface area (Å²) in [6, 6.07) is 11.5. The zero-order valence-corrected chi connectivity index (χ0v) is 18.3. The lowest BCUT2D eigenvalue weighted by Gasteiger charge is -2.49. The Morgan fingerprint density at radius 3 is 1.76 bits per heavy atom. The van der Waals surface area contributed by atoms with Gasteiger partial charge in [-0.15, -0.1) is 0 Å². The average molecular weight is 399 g/mol. The van der Waals surface area contributed by atoms with E-state index in [0.29, 0.717) is 30.6 Å². The lowest BCUT2D eigenvalue weighted by atomic mass is 9.55. The van der Waals surface area contributed by atoms with Gasteiger partial charge in [0.25, 0.3) is 0 Å². The standard InChI is InChI=1S/C25H34O4/c1-6-28-22-12-18(8-10-20(22)26)25(15-17(3)14-24(4,5)16-25)19-9-11-21(27)23(13-19)29-7-2/h8-13,17,26-27H,6-7,14-16H2,1-5H3. The minimum Gasteiger partial charge on any atom is -0.504 e. The fourth-order valence-electron chi connectivity index (χ4n) is 5.34. The highest BCUT2D eigenvalue weighted by atomic mass is 16.5. The summed E-state index contributed by atoms with van der Waals surface area (Å²) in [5, 5.41) is 20.5. The molecule has 1 aliphatic carbocycles. The quantitative estimate of drug-likeness (QED) is 0.624. The highest BCUT2D eigenvalue weighted by molar-refractivity contribution is 5.52. The molecule has 1 unspecified atom stereocenters. The van der Waals surface area contributed by atoms with Crippen LogP contribution in [0.5, 0.6) is 23.0 Å². The average Bonchev–Trinajstić information content (AvgIpc) is 2.64. The summed E-state index contributed by atoms with van der Waals surface area (Å²) in [6.07, 6.45) is 3.13. The lowest BCUT2D eigenvalue weighted by Crippen LogP contribution is -2.41. The van der Waals surface area contributed by atoms with Gasteiger partial charge in [-0.25, -0.2) is 0 Å². The predicted octanol–water partition coefficient (Wildman–Crippen LogP) is 6.03. The maximum absolute atomic E-state index is 10.2. The van der Waals surface area contributed by atoms with Crippen LogP contribution in [0.4, 0.5) is 0 Å². The molecule has 158 valence electrons. The van der Waals surface area contributed by atoms with Crippen LogP contribution < -0.4 is 9.47 Å². The molecule has 2 aromatic carbocycles. The van der Waals surface area contributed by atoms with E-state index < -0.39 is 0 Å². The topological polar surface area (TPSA) is 58.9 Å². The van der Waals surface area contributed by atoms with Crippen molar-refractivity contribution in [1.29, 1.82) is 0 Å². The molecule has 4 nitrogen and oxygen atoms in total. The van der Waals surface area contributed by atoms with Crippen LogP contribution in [-0.4, -0.2) is 23.4 Å². The predicted molar refractivity (Wildman–Crippen MR) is 116 cm³/mol. The Morgan fingerprint density at radius 2 is 1.34 bits per heavy atom. The Balaban J connectivity index is 2.21. The van der Waals surface area contributed by atoms with Gasteiger partial charge in [0.05, 0.1) is 13.2 Å². The Bertz CT molecular complexity index is 800. The Labute approximate surface area is 174 Å². The second-order valence-corrected chi connectivity index (χ2v) is 9.17. The zero-order valence-electron chi connectivity index (χ0n) is 18.3. The van der Waals surface area contributed by atoms with Crippen LogP contribution >= 0.6 is 0 Å².